The molecule has 4 rings (SSSR count). The Labute approximate surface area is 190 Å². The standard InChI is InChI=1S/C28H32N2O2/c1-28(2,32)27(31)29-26-15-9-14-23-18-24(16-17-25(23)26)30(19-21-10-5-3-6-11-21)20-22-12-7-4-8-13-22/h3-15,24,32H,16-20H2,1-2H3,(H,29,31)/t24-/m0/s1. The summed E-state index contributed by atoms with van der Waals surface area (Å²) >= 11 is 0. The van der Waals surface area contributed by atoms with Gasteiger partial charge in [0.05, 0.1) is 0 Å². The van der Waals surface area contributed by atoms with Crippen molar-refractivity contribution in [2.45, 2.75) is 57.8 Å². The molecule has 0 aromatic heterocycles. The third-order valence-corrected chi connectivity index (χ3v) is 6.23. The Balaban J connectivity index is 1.56. The van der Waals surface area contributed by atoms with E-state index in [4.69, 9.17) is 0 Å². The molecule has 1 atom stereocenters. The van der Waals surface area contributed by atoms with E-state index in [0.717, 1.165) is 38.0 Å². The summed E-state index contributed by atoms with van der Waals surface area (Å²) in [4.78, 5) is 14.9. The van der Waals surface area contributed by atoms with Crippen molar-refractivity contribution in [3.8, 4) is 0 Å². The van der Waals surface area contributed by atoms with Crippen LogP contribution in [0, 0.1) is 0 Å². The van der Waals surface area contributed by atoms with E-state index in [1.54, 1.807) is 0 Å². The Hall–Kier alpha value is -2.95. The number of amides is 1. The van der Waals surface area contributed by atoms with Crippen LogP contribution in [0.5, 0.6) is 0 Å². The lowest BCUT2D eigenvalue weighted by molar-refractivity contribution is -0.130. The lowest BCUT2D eigenvalue weighted by Gasteiger charge is -2.36. The summed E-state index contributed by atoms with van der Waals surface area (Å²) in [5, 5.41) is 13.0. The second-order valence-corrected chi connectivity index (χ2v) is 9.23. The van der Waals surface area contributed by atoms with Crippen molar-refractivity contribution >= 4 is 11.6 Å². The van der Waals surface area contributed by atoms with Crippen LogP contribution in [0.4, 0.5) is 5.69 Å². The first-order valence-electron chi connectivity index (χ1n) is 11.4. The monoisotopic (exact) mass is 428 g/mol. The summed E-state index contributed by atoms with van der Waals surface area (Å²) in [6.45, 7) is 4.84. The lowest BCUT2D eigenvalue weighted by atomic mass is 9.86. The molecule has 1 amide bonds. The smallest absolute Gasteiger partial charge is 0.255 e. The number of carbonyl (C=O) groups excluding carboxylic acids is 1. The van der Waals surface area contributed by atoms with E-state index in [-0.39, 0.29) is 5.91 Å². The van der Waals surface area contributed by atoms with Crippen LogP contribution in [-0.2, 0) is 30.7 Å². The minimum absolute atomic E-state index is 0.372. The SMILES string of the molecule is CC(C)(O)C(=O)Nc1cccc2c1CC[C@H](N(Cc1ccccc1)Cc1ccccc1)C2. The average molecular weight is 429 g/mol. The van der Waals surface area contributed by atoms with Gasteiger partial charge in [-0.15, -0.1) is 0 Å². The van der Waals surface area contributed by atoms with Crippen LogP contribution in [0.1, 0.15) is 42.5 Å². The summed E-state index contributed by atoms with van der Waals surface area (Å²) < 4.78 is 0. The van der Waals surface area contributed by atoms with Gasteiger partial charge in [0.2, 0.25) is 0 Å². The molecular formula is C28H32N2O2. The minimum Gasteiger partial charge on any atom is -0.381 e. The third kappa shape index (κ3) is 5.45. The number of anilines is 1. The van der Waals surface area contributed by atoms with Crippen LogP contribution in [0.3, 0.4) is 0 Å². The molecule has 1 aliphatic carbocycles. The molecule has 0 saturated heterocycles. The molecule has 32 heavy (non-hydrogen) atoms. The maximum Gasteiger partial charge on any atom is 0.255 e. The highest BCUT2D eigenvalue weighted by Crippen LogP contribution is 2.32. The van der Waals surface area contributed by atoms with Gasteiger partial charge in [0.25, 0.3) is 5.91 Å². The third-order valence-electron chi connectivity index (χ3n) is 6.23. The van der Waals surface area contributed by atoms with Crippen LogP contribution in [-0.4, -0.2) is 27.6 Å². The molecule has 3 aromatic carbocycles. The Morgan fingerprint density at radius 3 is 2.09 bits per heavy atom. The molecule has 0 saturated carbocycles. The van der Waals surface area contributed by atoms with Gasteiger partial charge in [-0.25, -0.2) is 0 Å². The van der Waals surface area contributed by atoms with Crippen molar-refractivity contribution in [2.24, 2.45) is 0 Å². The van der Waals surface area contributed by atoms with Crippen molar-refractivity contribution < 1.29 is 9.90 Å². The van der Waals surface area contributed by atoms with E-state index in [2.05, 4.69) is 76.9 Å². The van der Waals surface area contributed by atoms with Crippen LogP contribution in [0.2, 0.25) is 0 Å². The van der Waals surface area contributed by atoms with E-state index >= 15 is 0 Å². The molecular weight excluding hydrogens is 396 g/mol. The van der Waals surface area contributed by atoms with Crippen molar-refractivity contribution in [1.29, 1.82) is 0 Å². The van der Waals surface area contributed by atoms with Gasteiger partial charge < -0.3 is 10.4 Å². The van der Waals surface area contributed by atoms with Crippen molar-refractivity contribution in [3.63, 3.8) is 0 Å². The molecule has 1 aliphatic rings. The van der Waals surface area contributed by atoms with Gasteiger partial charge in [-0.1, -0.05) is 72.8 Å². The lowest BCUT2D eigenvalue weighted by Crippen LogP contribution is -2.39. The van der Waals surface area contributed by atoms with E-state index in [1.165, 1.54) is 36.1 Å². The molecule has 166 valence electrons. The second-order valence-electron chi connectivity index (χ2n) is 9.23. The van der Waals surface area contributed by atoms with Crippen LogP contribution in [0.15, 0.2) is 78.9 Å². The van der Waals surface area contributed by atoms with Gasteiger partial charge in [-0.05, 0) is 61.4 Å². The number of fused-ring (bicyclic) bond motifs is 1. The zero-order valence-corrected chi connectivity index (χ0v) is 18.9. The van der Waals surface area contributed by atoms with Crippen molar-refractivity contribution in [1.82, 2.24) is 4.90 Å². The van der Waals surface area contributed by atoms with Gasteiger partial charge in [0, 0.05) is 24.8 Å². The minimum atomic E-state index is -1.40. The topological polar surface area (TPSA) is 52.6 Å². The van der Waals surface area contributed by atoms with Gasteiger partial charge in [0.1, 0.15) is 5.60 Å². The van der Waals surface area contributed by atoms with E-state index in [9.17, 15) is 9.90 Å². The molecule has 0 radical (unpaired) electrons. The molecule has 0 spiro atoms. The number of rotatable bonds is 7. The molecule has 4 nitrogen and oxygen atoms in total. The summed E-state index contributed by atoms with van der Waals surface area (Å²) in [7, 11) is 0. The summed E-state index contributed by atoms with van der Waals surface area (Å²) in [5.41, 5.74) is 4.54. The largest absolute Gasteiger partial charge is 0.381 e. The molecule has 0 heterocycles. The molecule has 0 unspecified atom stereocenters. The first-order valence-corrected chi connectivity index (χ1v) is 11.4. The molecule has 0 aliphatic heterocycles. The quantitative estimate of drug-likeness (QED) is 0.559. The molecule has 2 N–H and O–H groups in total. The number of nitrogens with one attached hydrogen (secondary N) is 1. The molecule has 4 heteroatoms. The maximum atomic E-state index is 12.3. The maximum absolute atomic E-state index is 12.3. The Morgan fingerprint density at radius 1 is 0.938 bits per heavy atom. The summed E-state index contributed by atoms with van der Waals surface area (Å²) in [6, 6.07) is 27.8. The number of benzene rings is 3. The van der Waals surface area contributed by atoms with E-state index < -0.39 is 5.60 Å². The molecule has 0 fully saturated rings. The summed E-state index contributed by atoms with van der Waals surface area (Å²) in [6.07, 6.45) is 2.88. The highest BCUT2D eigenvalue weighted by Gasteiger charge is 2.28. The number of hydrogen-bond donors (Lipinski definition) is 2. The van der Waals surface area contributed by atoms with Crippen LogP contribution in [0.25, 0.3) is 0 Å². The number of carbonyl (C=O) groups is 1. The number of hydrogen-bond acceptors (Lipinski definition) is 3. The summed E-state index contributed by atoms with van der Waals surface area (Å²) in [5.74, 6) is -0.372. The highest BCUT2D eigenvalue weighted by molar-refractivity contribution is 5.97. The van der Waals surface area contributed by atoms with Gasteiger partial charge >= 0.3 is 0 Å². The van der Waals surface area contributed by atoms with E-state index in [0.29, 0.717) is 6.04 Å². The van der Waals surface area contributed by atoms with Crippen LogP contribution >= 0.6 is 0 Å². The van der Waals surface area contributed by atoms with Gasteiger partial charge in [-0.3, -0.25) is 9.69 Å². The first kappa shape index (κ1) is 22.3. The zero-order valence-electron chi connectivity index (χ0n) is 18.9. The molecule has 0 bridgehead atoms. The van der Waals surface area contributed by atoms with Crippen molar-refractivity contribution in [3.05, 3.63) is 101 Å². The Morgan fingerprint density at radius 2 is 1.53 bits per heavy atom. The number of nitrogens with zero attached hydrogens (tertiary/aromatic N) is 1. The Kier molecular flexibility index (Phi) is 6.73. The van der Waals surface area contributed by atoms with Crippen LogP contribution < -0.4 is 5.32 Å². The predicted octanol–water partition coefficient (Wildman–Crippen LogP) is 4.96. The zero-order chi connectivity index (χ0) is 22.6. The highest BCUT2D eigenvalue weighted by atomic mass is 16.3. The fourth-order valence-electron chi connectivity index (χ4n) is 4.44. The molecule has 3 aromatic rings. The van der Waals surface area contributed by atoms with E-state index in [1.807, 2.05) is 12.1 Å². The first-order chi connectivity index (χ1) is 15.4. The average Bonchev–Trinajstić information content (AvgIpc) is 2.79. The predicted molar refractivity (Wildman–Crippen MR) is 129 cm³/mol. The Bertz CT molecular complexity index is 1000. The normalized spacial score (nSPS) is 15.9. The number of aliphatic hydroxyl groups is 1. The fourth-order valence-corrected chi connectivity index (χ4v) is 4.44. The van der Waals surface area contributed by atoms with Gasteiger partial charge in [-0.2, -0.15) is 0 Å². The van der Waals surface area contributed by atoms with Gasteiger partial charge in [0.15, 0.2) is 0 Å². The second kappa shape index (κ2) is 9.68. The fraction of sp³-hybridized carbons (Fsp3) is 0.321. The van der Waals surface area contributed by atoms with Crippen molar-refractivity contribution in [2.75, 3.05) is 5.32 Å².